The molecule has 100 valence electrons. The van der Waals surface area contributed by atoms with E-state index in [0.717, 1.165) is 23.3 Å². The first-order valence-electron chi connectivity index (χ1n) is 6.04. The molecule has 0 aromatic heterocycles. The molecule has 4 heteroatoms. The summed E-state index contributed by atoms with van der Waals surface area (Å²) in [6, 6.07) is 4.08. The lowest BCUT2D eigenvalue weighted by Crippen LogP contribution is -2.25. The maximum atomic E-state index is 11.3. The van der Waals surface area contributed by atoms with Gasteiger partial charge < -0.3 is 15.2 Å². The van der Waals surface area contributed by atoms with Gasteiger partial charge in [-0.15, -0.1) is 0 Å². The van der Waals surface area contributed by atoms with Gasteiger partial charge in [-0.25, -0.2) is 4.79 Å². The van der Waals surface area contributed by atoms with Gasteiger partial charge in [-0.2, -0.15) is 0 Å². The molecule has 0 aliphatic heterocycles. The summed E-state index contributed by atoms with van der Waals surface area (Å²) < 4.78 is 10.3. The molecule has 4 nitrogen and oxygen atoms in total. The van der Waals surface area contributed by atoms with Crippen LogP contribution in [0.2, 0.25) is 0 Å². The summed E-state index contributed by atoms with van der Waals surface area (Å²) in [5.74, 6) is 0.369. The molecular weight excluding hydrogens is 230 g/mol. The average molecular weight is 251 g/mol. The molecule has 0 amide bonds. The predicted octanol–water partition coefficient (Wildman–Crippen LogP) is 1.74. The van der Waals surface area contributed by atoms with E-state index in [4.69, 9.17) is 10.5 Å². The van der Waals surface area contributed by atoms with Crippen molar-refractivity contribution in [2.75, 3.05) is 13.7 Å². The summed E-state index contributed by atoms with van der Waals surface area (Å²) >= 11 is 0. The minimum Gasteiger partial charge on any atom is -0.478 e. The van der Waals surface area contributed by atoms with Crippen molar-refractivity contribution in [3.8, 4) is 5.75 Å². The summed E-state index contributed by atoms with van der Waals surface area (Å²) in [5, 5.41) is 0. The SMILES string of the molecule is COC(=O)C(C)Oc1c(C)cc(CCN)cc1C. The van der Waals surface area contributed by atoms with Crippen LogP contribution in [0, 0.1) is 13.8 Å². The highest BCUT2D eigenvalue weighted by Crippen LogP contribution is 2.26. The maximum absolute atomic E-state index is 11.3. The third-order valence-electron chi connectivity index (χ3n) is 2.78. The number of ether oxygens (including phenoxy) is 2. The van der Waals surface area contributed by atoms with Crippen molar-refractivity contribution in [1.29, 1.82) is 0 Å². The van der Waals surface area contributed by atoms with Crippen LogP contribution in [-0.2, 0) is 16.0 Å². The lowest BCUT2D eigenvalue weighted by atomic mass is 10.0. The number of esters is 1. The largest absolute Gasteiger partial charge is 0.478 e. The van der Waals surface area contributed by atoms with Gasteiger partial charge in [-0.3, -0.25) is 0 Å². The quantitative estimate of drug-likeness (QED) is 0.810. The van der Waals surface area contributed by atoms with Crippen LogP contribution in [0.25, 0.3) is 0 Å². The first kappa shape index (κ1) is 14.5. The van der Waals surface area contributed by atoms with E-state index >= 15 is 0 Å². The monoisotopic (exact) mass is 251 g/mol. The molecule has 0 aliphatic rings. The van der Waals surface area contributed by atoms with E-state index in [2.05, 4.69) is 4.74 Å². The van der Waals surface area contributed by atoms with Crippen molar-refractivity contribution in [2.45, 2.75) is 33.3 Å². The fourth-order valence-corrected chi connectivity index (χ4v) is 1.93. The molecule has 1 unspecified atom stereocenters. The number of carbonyl (C=O) groups is 1. The average Bonchev–Trinajstić information content (AvgIpc) is 2.33. The van der Waals surface area contributed by atoms with E-state index in [0.29, 0.717) is 6.54 Å². The van der Waals surface area contributed by atoms with Gasteiger partial charge in [0.15, 0.2) is 6.10 Å². The lowest BCUT2D eigenvalue weighted by Gasteiger charge is -2.17. The second kappa shape index (κ2) is 6.40. The second-order valence-corrected chi connectivity index (χ2v) is 4.38. The molecule has 0 saturated heterocycles. The Hall–Kier alpha value is -1.55. The van der Waals surface area contributed by atoms with Crippen LogP contribution < -0.4 is 10.5 Å². The number of aryl methyl sites for hydroxylation is 2. The Morgan fingerprint density at radius 3 is 2.33 bits per heavy atom. The normalized spacial score (nSPS) is 12.1. The van der Waals surface area contributed by atoms with Crippen molar-refractivity contribution in [1.82, 2.24) is 0 Å². The van der Waals surface area contributed by atoms with E-state index in [1.165, 1.54) is 12.7 Å². The Morgan fingerprint density at radius 2 is 1.89 bits per heavy atom. The highest BCUT2D eigenvalue weighted by atomic mass is 16.6. The highest BCUT2D eigenvalue weighted by Gasteiger charge is 2.17. The van der Waals surface area contributed by atoms with Crippen molar-refractivity contribution in [3.05, 3.63) is 28.8 Å². The third-order valence-corrected chi connectivity index (χ3v) is 2.78. The fourth-order valence-electron chi connectivity index (χ4n) is 1.93. The molecule has 1 aromatic rings. The van der Waals surface area contributed by atoms with Gasteiger partial charge in [-0.1, -0.05) is 12.1 Å². The Morgan fingerprint density at radius 1 is 1.33 bits per heavy atom. The smallest absolute Gasteiger partial charge is 0.346 e. The van der Waals surface area contributed by atoms with Crippen LogP contribution >= 0.6 is 0 Å². The Bertz CT molecular complexity index is 406. The molecule has 1 atom stereocenters. The molecule has 0 radical (unpaired) electrons. The maximum Gasteiger partial charge on any atom is 0.346 e. The minimum atomic E-state index is -0.604. The summed E-state index contributed by atoms with van der Waals surface area (Å²) in [5.41, 5.74) is 8.75. The number of benzene rings is 1. The van der Waals surface area contributed by atoms with Crippen molar-refractivity contribution < 1.29 is 14.3 Å². The molecule has 0 heterocycles. The van der Waals surface area contributed by atoms with Crippen molar-refractivity contribution in [3.63, 3.8) is 0 Å². The number of hydrogen-bond donors (Lipinski definition) is 1. The van der Waals surface area contributed by atoms with Crippen LogP contribution in [0.3, 0.4) is 0 Å². The molecule has 18 heavy (non-hydrogen) atoms. The molecule has 2 N–H and O–H groups in total. The van der Waals surface area contributed by atoms with Crippen molar-refractivity contribution in [2.24, 2.45) is 5.73 Å². The highest BCUT2D eigenvalue weighted by molar-refractivity contribution is 5.74. The molecule has 1 rings (SSSR count). The topological polar surface area (TPSA) is 61.5 Å². The number of hydrogen-bond acceptors (Lipinski definition) is 4. The van der Waals surface area contributed by atoms with Crippen LogP contribution in [0.15, 0.2) is 12.1 Å². The van der Waals surface area contributed by atoms with Gasteiger partial charge in [0.05, 0.1) is 7.11 Å². The summed E-state index contributed by atoms with van der Waals surface area (Å²) in [6.07, 6.45) is 0.238. The molecule has 0 spiro atoms. The standard InChI is InChI=1S/C14H21NO3/c1-9-7-12(5-6-15)8-10(2)13(9)18-11(3)14(16)17-4/h7-8,11H,5-6,15H2,1-4H3. The molecular formula is C14H21NO3. The fraction of sp³-hybridized carbons (Fsp3) is 0.500. The first-order valence-corrected chi connectivity index (χ1v) is 6.04. The minimum absolute atomic E-state index is 0.375. The van der Waals surface area contributed by atoms with Gasteiger partial charge in [0.25, 0.3) is 0 Å². The van der Waals surface area contributed by atoms with Gasteiger partial charge in [-0.05, 0) is 50.4 Å². The van der Waals surface area contributed by atoms with Crippen LogP contribution in [0.4, 0.5) is 0 Å². The lowest BCUT2D eigenvalue weighted by molar-refractivity contribution is -0.147. The van der Waals surface area contributed by atoms with Gasteiger partial charge in [0, 0.05) is 0 Å². The van der Waals surface area contributed by atoms with E-state index < -0.39 is 6.10 Å². The molecule has 0 fully saturated rings. The number of carbonyl (C=O) groups excluding carboxylic acids is 1. The number of rotatable bonds is 5. The van der Waals surface area contributed by atoms with Crippen molar-refractivity contribution >= 4 is 5.97 Å². The Labute approximate surface area is 108 Å². The summed E-state index contributed by atoms with van der Waals surface area (Å²) in [4.78, 5) is 11.3. The summed E-state index contributed by atoms with van der Waals surface area (Å²) in [7, 11) is 1.35. The van der Waals surface area contributed by atoms with Gasteiger partial charge >= 0.3 is 5.97 Å². The van der Waals surface area contributed by atoms with E-state index in [1.807, 2.05) is 26.0 Å². The van der Waals surface area contributed by atoms with Crippen LogP contribution in [-0.4, -0.2) is 25.7 Å². The van der Waals surface area contributed by atoms with E-state index in [-0.39, 0.29) is 5.97 Å². The van der Waals surface area contributed by atoms with E-state index in [1.54, 1.807) is 6.92 Å². The first-order chi connectivity index (χ1) is 8.49. The molecule has 0 bridgehead atoms. The molecule has 0 aliphatic carbocycles. The van der Waals surface area contributed by atoms with Crippen LogP contribution in [0.5, 0.6) is 5.75 Å². The van der Waals surface area contributed by atoms with Crippen LogP contribution in [0.1, 0.15) is 23.6 Å². The third kappa shape index (κ3) is 3.47. The number of methoxy groups -OCH3 is 1. The Balaban J connectivity index is 2.93. The predicted molar refractivity (Wildman–Crippen MR) is 70.8 cm³/mol. The zero-order valence-corrected chi connectivity index (χ0v) is 11.4. The molecule has 0 saturated carbocycles. The number of nitrogens with two attached hydrogens (primary N) is 1. The summed E-state index contributed by atoms with van der Waals surface area (Å²) in [6.45, 7) is 6.23. The zero-order valence-electron chi connectivity index (χ0n) is 11.4. The zero-order chi connectivity index (χ0) is 13.7. The molecule has 1 aromatic carbocycles. The second-order valence-electron chi connectivity index (χ2n) is 4.38. The van der Waals surface area contributed by atoms with Gasteiger partial charge in [0.2, 0.25) is 0 Å². The Kier molecular flexibility index (Phi) is 5.16. The van der Waals surface area contributed by atoms with Gasteiger partial charge in [0.1, 0.15) is 5.75 Å². The van der Waals surface area contributed by atoms with E-state index in [9.17, 15) is 4.79 Å².